The zero-order valence-corrected chi connectivity index (χ0v) is 15.1. The number of nitrogens with one attached hydrogen (secondary N) is 1. The van der Waals surface area contributed by atoms with Gasteiger partial charge in [0.2, 0.25) is 5.95 Å². The number of hydrogen-bond acceptors (Lipinski definition) is 5. The molecule has 2 heterocycles. The highest BCUT2D eigenvalue weighted by atomic mass is 19.1. The maximum Gasteiger partial charge on any atom is 0.229 e. The maximum atomic E-state index is 13.8. The van der Waals surface area contributed by atoms with Crippen molar-refractivity contribution < 1.29 is 4.39 Å². The Labute approximate surface area is 158 Å². The van der Waals surface area contributed by atoms with E-state index in [9.17, 15) is 4.39 Å². The Morgan fingerprint density at radius 2 is 1.63 bits per heavy atom. The van der Waals surface area contributed by atoms with Crippen LogP contribution in [0.1, 0.15) is 5.56 Å². The van der Waals surface area contributed by atoms with Crippen molar-refractivity contribution in [2.24, 2.45) is 0 Å². The van der Waals surface area contributed by atoms with Crippen molar-refractivity contribution in [2.75, 3.05) is 36.4 Å². The lowest BCUT2D eigenvalue weighted by Crippen LogP contribution is -2.46. The van der Waals surface area contributed by atoms with Crippen molar-refractivity contribution >= 4 is 17.5 Å². The van der Waals surface area contributed by atoms with E-state index in [2.05, 4.69) is 49.4 Å². The summed E-state index contributed by atoms with van der Waals surface area (Å²) in [4.78, 5) is 13.5. The Kier molecular flexibility index (Phi) is 5.25. The molecule has 0 atom stereocenters. The zero-order valence-electron chi connectivity index (χ0n) is 15.1. The Bertz CT molecular complexity index is 879. The summed E-state index contributed by atoms with van der Waals surface area (Å²) >= 11 is 0. The fourth-order valence-corrected chi connectivity index (χ4v) is 3.25. The lowest BCUT2D eigenvalue weighted by Gasteiger charge is -2.35. The first-order chi connectivity index (χ1) is 13.3. The number of benzene rings is 2. The number of rotatable bonds is 5. The first-order valence-electron chi connectivity index (χ1n) is 9.14. The van der Waals surface area contributed by atoms with Gasteiger partial charge in [-0.2, -0.15) is 4.98 Å². The summed E-state index contributed by atoms with van der Waals surface area (Å²) in [5.74, 6) is 0.952. The van der Waals surface area contributed by atoms with Gasteiger partial charge in [0.15, 0.2) is 0 Å². The normalized spacial score (nSPS) is 14.9. The highest BCUT2D eigenvalue weighted by Gasteiger charge is 2.18. The molecule has 4 rings (SSSR count). The molecule has 27 heavy (non-hydrogen) atoms. The molecule has 1 aliphatic heterocycles. The van der Waals surface area contributed by atoms with Crippen molar-refractivity contribution in [3.05, 3.63) is 78.2 Å². The van der Waals surface area contributed by atoms with E-state index in [4.69, 9.17) is 0 Å². The molecular formula is C21H22FN5. The summed E-state index contributed by atoms with van der Waals surface area (Å²) in [5, 5.41) is 2.96. The summed E-state index contributed by atoms with van der Waals surface area (Å²) in [6.45, 7) is 4.74. The van der Waals surface area contributed by atoms with E-state index in [0.29, 0.717) is 11.6 Å². The van der Waals surface area contributed by atoms with Gasteiger partial charge in [0, 0.05) is 38.9 Å². The van der Waals surface area contributed by atoms with E-state index in [0.717, 1.165) is 38.5 Å². The van der Waals surface area contributed by atoms with Crippen LogP contribution in [0.15, 0.2) is 66.9 Å². The molecule has 0 spiro atoms. The highest BCUT2D eigenvalue weighted by Crippen LogP contribution is 2.20. The highest BCUT2D eigenvalue weighted by molar-refractivity contribution is 5.55. The molecule has 2 aromatic carbocycles. The van der Waals surface area contributed by atoms with Gasteiger partial charge in [-0.15, -0.1) is 0 Å². The van der Waals surface area contributed by atoms with Gasteiger partial charge in [0.05, 0.1) is 5.69 Å². The molecule has 5 nitrogen and oxygen atoms in total. The SMILES string of the molecule is Fc1ccccc1Nc1nccc(N2CCN(Cc3ccccc3)CC2)n1. The summed E-state index contributed by atoms with van der Waals surface area (Å²) < 4.78 is 13.8. The van der Waals surface area contributed by atoms with E-state index in [1.165, 1.54) is 11.6 Å². The second-order valence-corrected chi connectivity index (χ2v) is 6.59. The van der Waals surface area contributed by atoms with Gasteiger partial charge >= 0.3 is 0 Å². The number of hydrogen-bond donors (Lipinski definition) is 1. The van der Waals surface area contributed by atoms with Crippen molar-refractivity contribution in [1.29, 1.82) is 0 Å². The van der Waals surface area contributed by atoms with Gasteiger partial charge in [0.25, 0.3) is 0 Å². The van der Waals surface area contributed by atoms with Crippen LogP contribution < -0.4 is 10.2 Å². The Morgan fingerprint density at radius 1 is 0.889 bits per heavy atom. The Morgan fingerprint density at radius 3 is 2.41 bits per heavy atom. The largest absolute Gasteiger partial charge is 0.354 e. The molecule has 0 unspecified atom stereocenters. The summed E-state index contributed by atoms with van der Waals surface area (Å²) in [5.41, 5.74) is 1.71. The molecule has 0 bridgehead atoms. The van der Waals surface area contributed by atoms with Crippen molar-refractivity contribution in [2.45, 2.75) is 6.54 Å². The summed E-state index contributed by atoms with van der Waals surface area (Å²) in [6, 6.07) is 19.0. The molecule has 6 heteroatoms. The number of nitrogens with zero attached hydrogens (tertiary/aromatic N) is 4. The second-order valence-electron chi connectivity index (χ2n) is 6.59. The van der Waals surface area contributed by atoms with Crippen LogP contribution in [0.5, 0.6) is 0 Å². The smallest absolute Gasteiger partial charge is 0.229 e. The fraction of sp³-hybridized carbons (Fsp3) is 0.238. The van der Waals surface area contributed by atoms with E-state index < -0.39 is 0 Å². The quantitative estimate of drug-likeness (QED) is 0.749. The van der Waals surface area contributed by atoms with Gasteiger partial charge in [-0.05, 0) is 23.8 Å². The van der Waals surface area contributed by atoms with E-state index in [-0.39, 0.29) is 5.82 Å². The minimum absolute atomic E-state index is 0.318. The number of aromatic nitrogens is 2. The molecular weight excluding hydrogens is 341 g/mol. The van der Waals surface area contributed by atoms with Crippen LogP contribution in [0.2, 0.25) is 0 Å². The molecule has 138 valence electrons. The first-order valence-corrected chi connectivity index (χ1v) is 9.14. The standard InChI is InChI=1S/C21H22FN5/c22-18-8-4-5-9-19(18)24-21-23-11-10-20(25-21)27-14-12-26(13-15-27)16-17-6-2-1-3-7-17/h1-11H,12-16H2,(H,23,24,25). The molecule has 1 aliphatic rings. The van der Waals surface area contributed by atoms with Crippen molar-refractivity contribution in [1.82, 2.24) is 14.9 Å². The monoisotopic (exact) mass is 363 g/mol. The van der Waals surface area contributed by atoms with E-state index >= 15 is 0 Å². The van der Waals surface area contributed by atoms with Crippen molar-refractivity contribution in [3.63, 3.8) is 0 Å². The van der Waals surface area contributed by atoms with Crippen LogP contribution in [0, 0.1) is 5.82 Å². The first kappa shape index (κ1) is 17.4. The van der Waals surface area contributed by atoms with Crippen LogP contribution in [-0.2, 0) is 6.54 Å². The van der Waals surface area contributed by atoms with E-state index in [1.807, 2.05) is 12.1 Å². The lowest BCUT2D eigenvalue weighted by atomic mass is 10.2. The van der Waals surface area contributed by atoms with Crippen LogP contribution in [-0.4, -0.2) is 41.0 Å². The fourth-order valence-electron chi connectivity index (χ4n) is 3.25. The van der Waals surface area contributed by atoms with Crippen molar-refractivity contribution in [3.8, 4) is 0 Å². The topological polar surface area (TPSA) is 44.3 Å². The van der Waals surface area contributed by atoms with Crippen LogP contribution >= 0.6 is 0 Å². The van der Waals surface area contributed by atoms with Gasteiger partial charge in [-0.3, -0.25) is 4.90 Å². The van der Waals surface area contributed by atoms with Gasteiger partial charge in [-0.25, -0.2) is 9.37 Å². The third kappa shape index (κ3) is 4.41. The second kappa shape index (κ2) is 8.14. The Balaban J connectivity index is 1.38. The predicted molar refractivity (Wildman–Crippen MR) is 106 cm³/mol. The third-order valence-electron chi connectivity index (χ3n) is 4.71. The van der Waals surface area contributed by atoms with Crippen LogP contribution in [0.3, 0.4) is 0 Å². The predicted octanol–water partition coefficient (Wildman–Crippen LogP) is 3.68. The average molecular weight is 363 g/mol. The minimum Gasteiger partial charge on any atom is -0.354 e. The summed E-state index contributed by atoms with van der Waals surface area (Å²) in [7, 11) is 0. The van der Waals surface area contributed by atoms with Crippen LogP contribution in [0.4, 0.5) is 21.8 Å². The van der Waals surface area contributed by atoms with Gasteiger partial charge in [0.1, 0.15) is 11.6 Å². The maximum absolute atomic E-state index is 13.8. The van der Waals surface area contributed by atoms with Gasteiger partial charge in [-0.1, -0.05) is 42.5 Å². The molecule has 1 N–H and O–H groups in total. The van der Waals surface area contributed by atoms with E-state index in [1.54, 1.807) is 24.4 Å². The molecule has 0 amide bonds. The number of anilines is 3. The molecule has 0 radical (unpaired) electrons. The number of halogens is 1. The Hall–Kier alpha value is -2.99. The van der Waals surface area contributed by atoms with Crippen LogP contribution in [0.25, 0.3) is 0 Å². The lowest BCUT2D eigenvalue weighted by molar-refractivity contribution is 0.249. The zero-order chi connectivity index (χ0) is 18.5. The number of piperazine rings is 1. The molecule has 1 aromatic heterocycles. The average Bonchev–Trinajstić information content (AvgIpc) is 2.71. The minimum atomic E-state index is -0.318. The molecule has 1 saturated heterocycles. The summed E-state index contributed by atoms with van der Waals surface area (Å²) in [6.07, 6.45) is 1.71. The third-order valence-corrected chi connectivity index (χ3v) is 4.71. The molecule has 0 saturated carbocycles. The number of para-hydroxylation sites is 1. The molecule has 1 fully saturated rings. The molecule has 3 aromatic rings. The molecule has 0 aliphatic carbocycles. The van der Waals surface area contributed by atoms with Gasteiger partial charge < -0.3 is 10.2 Å².